The van der Waals surface area contributed by atoms with E-state index in [2.05, 4.69) is 21.2 Å². The van der Waals surface area contributed by atoms with Crippen LogP contribution in [-0.2, 0) is 26.2 Å². The van der Waals surface area contributed by atoms with Gasteiger partial charge in [0.1, 0.15) is 24.1 Å². The fourth-order valence-corrected chi connectivity index (χ4v) is 4.75. The molecule has 0 aromatic heterocycles. The quantitative estimate of drug-likeness (QED) is 0.410. The molecule has 0 saturated carbocycles. The van der Waals surface area contributed by atoms with Crippen molar-refractivity contribution in [3.8, 4) is 11.5 Å². The highest BCUT2D eigenvalue weighted by atomic mass is 79.9. The molecule has 0 saturated heterocycles. The fourth-order valence-electron chi connectivity index (χ4n) is 3.45. The number of benzene rings is 2. The van der Waals surface area contributed by atoms with Gasteiger partial charge in [-0.3, -0.25) is 13.9 Å². The van der Waals surface area contributed by atoms with Crippen molar-refractivity contribution in [1.29, 1.82) is 0 Å². The lowest BCUT2D eigenvalue weighted by atomic mass is 10.1. The monoisotopic (exact) mass is 583 g/mol. The standard InChI is InChI=1S/C25H34BrN3O6S/c1-17(2)14-27-25(31)18(3)28(15-19-8-7-9-20(26)12-19)24(30)16-29(36(6,32)33)22-11-10-21(34-4)13-23(22)35-5/h7-13,17-18H,14-16H2,1-6H3,(H,27,31)/t18-/m1/s1. The Labute approximate surface area is 221 Å². The second-order valence-electron chi connectivity index (χ2n) is 8.77. The first-order valence-electron chi connectivity index (χ1n) is 11.4. The van der Waals surface area contributed by atoms with Gasteiger partial charge in [-0.05, 0) is 42.7 Å². The zero-order chi connectivity index (χ0) is 27.0. The van der Waals surface area contributed by atoms with Crippen molar-refractivity contribution >= 4 is 43.5 Å². The molecule has 2 aromatic carbocycles. The van der Waals surface area contributed by atoms with Crippen LogP contribution in [0.4, 0.5) is 5.69 Å². The number of amides is 2. The van der Waals surface area contributed by atoms with Crippen LogP contribution in [0, 0.1) is 5.92 Å². The number of ether oxygens (including phenoxy) is 2. The predicted octanol–water partition coefficient (Wildman–Crippen LogP) is 3.42. The molecule has 0 aliphatic carbocycles. The summed E-state index contributed by atoms with van der Waals surface area (Å²) in [6.07, 6.45) is 1.02. The van der Waals surface area contributed by atoms with Crippen LogP contribution in [0.25, 0.3) is 0 Å². The van der Waals surface area contributed by atoms with E-state index >= 15 is 0 Å². The van der Waals surface area contributed by atoms with Crippen molar-refractivity contribution in [2.24, 2.45) is 5.92 Å². The van der Waals surface area contributed by atoms with Crippen LogP contribution in [0.3, 0.4) is 0 Å². The van der Waals surface area contributed by atoms with Crippen molar-refractivity contribution in [2.45, 2.75) is 33.4 Å². The molecule has 0 aliphatic heterocycles. The number of carbonyl (C=O) groups is 2. The van der Waals surface area contributed by atoms with E-state index in [0.717, 1.165) is 20.6 Å². The van der Waals surface area contributed by atoms with Crippen molar-refractivity contribution in [2.75, 3.05) is 37.9 Å². The first kappa shape index (κ1) is 29.4. The van der Waals surface area contributed by atoms with Gasteiger partial charge in [0.15, 0.2) is 0 Å². The van der Waals surface area contributed by atoms with Gasteiger partial charge in [-0.15, -0.1) is 0 Å². The highest BCUT2D eigenvalue weighted by Gasteiger charge is 2.31. The lowest BCUT2D eigenvalue weighted by Crippen LogP contribution is -2.51. The van der Waals surface area contributed by atoms with Gasteiger partial charge in [0.25, 0.3) is 0 Å². The smallest absolute Gasteiger partial charge is 0.244 e. The number of nitrogens with one attached hydrogen (secondary N) is 1. The number of nitrogens with zero attached hydrogens (tertiary/aromatic N) is 2. The summed E-state index contributed by atoms with van der Waals surface area (Å²) < 4.78 is 37.9. The zero-order valence-electron chi connectivity index (χ0n) is 21.4. The molecule has 0 unspecified atom stereocenters. The number of carbonyl (C=O) groups excluding carboxylic acids is 2. The number of halogens is 1. The number of hydrogen-bond acceptors (Lipinski definition) is 6. The Balaban J connectivity index is 2.44. The van der Waals surface area contributed by atoms with Gasteiger partial charge in [-0.25, -0.2) is 8.42 Å². The highest BCUT2D eigenvalue weighted by Crippen LogP contribution is 2.33. The third kappa shape index (κ3) is 8.12. The minimum Gasteiger partial charge on any atom is -0.497 e. The topological polar surface area (TPSA) is 105 Å². The Morgan fingerprint density at radius 3 is 2.31 bits per heavy atom. The van der Waals surface area contributed by atoms with Crippen molar-refractivity contribution in [1.82, 2.24) is 10.2 Å². The van der Waals surface area contributed by atoms with Gasteiger partial charge in [0, 0.05) is 23.6 Å². The molecule has 9 nitrogen and oxygen atoms in total. The van der Waals surface area contributed by atoms with Crippen molar-refractivity contribution in [3.05, 3.63) is 52.5 Å². The van der Waals surface area contributed by atoms with Crippen LogP contribution in [0.2, 0.25) is 0 Å². The minimum absolute atomic E-state index is 0.117. The fraction of sp³-hybridized carbons (Fsp3) is 0.440. The number of hydrogen-bond donors (Lipinski definition) is 1. The van der Waals surface area contributed by atoms with E-state index in [4.69, 9.17) is 9.47 Å². The van der Waals surface area contributed by atoms with Gasteiger partial charge >= 0.3 is 0 Å². The number of sulfonamides is 1. The molecular formula is C25H34BrN3O6S. The lowest BCUT2D eigenvalue weighted by molar-refractivity contribution is -0.139. The Morgan fingerprint density at radius 1 is 1.06 bits per heavy atom. The Kier molecular flexibility index (Phi) is 10.6. The van der Waals surface area contributed by atoms with Gasteiger partial charge in [-0.1, -0.05) is 41.9 Å². The van der Waals surface area contributed by atoms with E-state index in [0.29, 0.717) is 12.3 Å². The molecule has 0 heterocycles. The molecule has 0 aliphatic rings. The second kappa shape index (κ2) is 13.0. The molecule has 0 fully saturated rings. The summed E-state index contributed by atoms with van der Waals surface area (Å²) in [6.45, 7) is 5.64. The molecule has 0 radical (unpaired) electrons. The van der Waals surface area contributed by atoms with E-state index in [1.165, 1.54) is 25.2 Å². The van der Waals surface area contributed by atoms with Gasteiger partial charge < -0.3 is 19.7 Å². The summed E-state index contributed by atoms with van der Waals surface area (Å²) in [4.78, 5) is 27.9. The Bertz CT molecular complexity index is 1170. The van der Waals surface area contributed by atoms with Gasteiger partial charge in [0.2, 0.25) is 21.8 Å². The normalized spacial score (nSPS) is 12.1. The largest absolute Gasteiger partial charge is 0.497 e. The summed E-state index contributed by atoms with van der Waals surface area (Å²) in [7, 11) is -1.00. The van der Waals surface area contributed by atoms with Gasteiger partial charge in [0.05, 0.1) is 26.2 Å². The summed E-state index contributed by atoms with van der Waals surface area (Å²) in [6, 6.07) is 11.2. The van der Waals surface area contributed by atoms with E-state index < -0.39 is 28.5 Å². The highest BCUT2D eigenvalue weighted by molar-refractivity contribution is 9.10. The lowest BCUT2D eigenvalue weighted by Gasteiger charge is -2.32. The molecule has 36 heavy (non-hydrogen) atoms. The molecular weight excluding hydrogens is 550 g/mol. The van der Waals surface area contributed by atoms with E-state index in [-0.39, 0.29) is 29.8 Å². The van der Waals surface area contributed by atoms with E-state index in [1.807, 2.05) is 38.1 Å². The first-order valence-corrected chi connectivity index (χ1v) is 14.0. The van der Waals surface area contributed by atoms with E-state index in [9.17, 15) is 18.0 Å². The van der Waals surface area contributed by atoms with Crippen LogP contribution in [-0.4, -0.2) is 64.7 Å². The SMILES string of the molecule is COc1ccc(N(CC(=O)N(Cc2cccc(Br)c2)[C@H](C)C(=O)NCC(C)C)S(C)(=O)=O)c(OC)c1. The van der Waals surface area contributed by atoms with Crippen LogP contribution in [0.15, 0.2) is 46.9 Å². The first-order chi connectivity index (χ1) is 16.9. The average Bonchev–Trinajstić information content (AvgIpc) is 2.82. The molecule has 198 valence electrons. The molecule has 11 heteroatoms. The van der Waals surface area contributed by atoms with Crippen LogP contribution in [0.1, 0.15) is 26.3 Å². The maximum absolute atomic E-state index is 13.6. The number of rotatable bonds is 12. The molecule has 1 atom stereocenters. The maximum Gasteiger partial charge on any atom is 0.244 e. The summed E-state index contributed by atoms with van der Waals surface area (Å²) in [5.41, 5.74) is 0.975. The number of anilines is 1. The van der Waals surface area contributed by atoms with Crippen LogP contribution < -0.4 is 19.1 Å². The van der Waals surface area contributed by atoms with Gasteiger partial charge in [-0.2, -0.15) is 0 Å². The van der Waals surface area contributed by atoms with E-state index in [1.54, 1.807) is 19.1 Å². The van der Waals surface area contributed by atoms with Crippen molar-refractivity contribution < 1.29 is 27.5 Å². The molecule has 0 spiro atoms. The molecule has 1 N–H and O–H groups in total. The maximum atomic E-state index is 13.6. The summed E-state index contributed by atoms with van der Waals surface area (Å²) in [5.74, 6) is 0.0834. The zero-order valence-corrected chi connectivity index (χ0v) is 23.9. The average molecular weight is 585 g/mol. The number of methoxy groups -OCH3 is 2. The Hall–Kier alpha value is -2.79. The molecule has 2 amide bonds. The minimum atomic E-state index is -3.89. The van der Waals surface area contributed by atoms with Crippen LogP contribution >= 0.6 is 15.9 Å². The van der Waals surface area contributed by atoms with Crippen molar-refractivity contribution in [3.63, 3.8) is 0 Å². The molecule has 2 rings (SSSR count). The summed E-state index contributed by atoms with van der Waals surface area (Å²) in [5, 5.41) is 2.85. The predicted molar refractivity (Wildman–Crippen MR) is 144 cm³/mol. The molecule has 2 aromatic rings. The van der Waals surface area contributed by atoms with Crippen LogP contribution in [0.5, 0.6) is 11.5 Å². The summed E-state index contributed by atoms with van der Waals surface area (Å²) >= 11 is 3.43. The second-order valence-corrected chi connectivity index (χ2v) is 11.6. The third-order valence-electron chi connectivity index (χ3n) is 5.43. The third-order valence-corrected chi connectivity index (χ3v) is 7.05. The molecule has 0 bridgehead atoms. The Morgan fingerprint density at radius 2 is 1.75 bits per heavy atom.